The van der Waals surface area contributed by atoms with Gasteiger partial charge >= 0.3 is 5.97 Å². The van der Waals surface area contributed by atoms with E-state index in [2.05, 4.69) is 15.7 Å². The van der Waals surface area contributed by atoms with Crippen LogP contribution in [0.4, 0.5) is 17.1 Å². The van der Waals surface area contributed by atoms with E-state index in [4.69, 9.17) is 19.6 Å². The molecule has 0 aromatic heterocycles. The quantitative estimate of drug-likeness (QED) is 0.0520. The summed E-state index contributed by atoms with van der Waals surface area (Å²) in [6.45, 7) is 2.28. The van der Waals surface area contributed by atoms with Gasteiger partial charge in [0.15, 0.2) is 0 Å². The van der Waals surface area contributed by atoms with E-state index in [0.717, 1.165) is 28.8 Å². The highest BCUT2D eigenvalue weighted by Gasteiger charge is 2.27. The number of carbonyl (C=O) groups excluding carboxylic acids is 1. The largest absolute Gasteiger partial charge is 0.478 e. The molecule has 0 aliphatic carbocycles. The van der Waals surface area contributed by atoms with Crippen LogP contribution in [0.2, 0.25) is 0 Å². The van der Waals surface area contributed by atoms with E-state index in [1.54, 1.807) is 60.7 Å². The molecule has 48 heavy (non-hydrogen) atoms. The maximum absolute atomic E-state index is 12.8. The number of nitro groups is 1. The molecule has 0 fully saturated rings. The first-order valence-electron chi connectivity index (χ1n) is 14.4. The van der Waals surface area contributed by atoms with Crippen LogP contribution in [0.1, 0.15) is 37.4 Å². The number of nitrogens with one attached hydrogen (secondary N) is 2. The van der Waals surface area contributed by atoms with Crippen LogP contribution in [-0.2, 0) is 22.9 Å². The first-order valence-corrected chi connectivity index (χ1v) is 14.4. The number of anilines is 2. The Hall–Kier alpha value is -6.28. The summed E-state index contributed by atoms with van der Waals surface area (Å²) in [4.78, 5) is 45.0. The maximum atomic E-state index is 12.8. The van der Waals surface area contributed by atoms with Gasteiger partial charge in [-0.15, -0.1) is 0 Å². The number of benzene rings is 5. The minimum atomic E-state index is -1.46. The molecule has 0 unspecified atom stereocenters. The zero-order valence-corrected chi connectivity index (χ0v) is 25.4. The molecule has 1 amide bonds. The third-order valence-corrected chi connectivity index (χ3v) is 7.07. The van der Waals surface area contributed by atoms with Crippen LogP contribution in [0.25, 0.3) is 0 Å². The molecule has 0 bridgehead atoms. The van der Waals surface area contributed by atoms with Gasteiger partial charge < -0.3 is 19.9 Å². The van der Waals surface area contributed by atoms with Crippen molar-refractivity contribution in [2.45, 2.75) is 20.1 Å². The minimum absolute atomic E-state index is 0.0635. The molecule has 13 nitrogen and oxygen atoms in total. The standard InChI is InChI=1S/C35H29N3O10/c1-22-5-2-6-23(20-46-44)31(22)21-45-37-25-13-17-27(18-14-25)48-29-8-3-7-28(19-29)47-26-15-11-24(12-16-26)36-34(39)33-30(35(40)41)9-4-10-32(33)38(42)43/h2-19,37,44H,20-21H2,1H3,(H,36,39)(H,40,41). The Morgan fingerprint density at radius 3 is 1.98 bits per heavy atom. The first-order chi connectivity index (χ1) is 23.2. The van der Waals surface area contributed by atoms with Crippen LogP contribution in [0, 0.1) is 17.0 Å². The molecule has 5 rings (SSSR count). The van der Waals surface area contributed by atoms with Gasteiger partial charge in [0.1, 0.15) is 41.8 Å². The highest BCUT2D eigenvalue weighted by Crippen LogP contribution is 2.30. The number of aromatic carboxylic acids is 1. The molecule has 244 valence electrons. The topological polar surface area (TPSA) is 179 Å². The van der Waals surface area contributed by atoms with Gasteiger partial charge in [0.05, 0.1) is 16.2 Å². The second-order valence-corrected chi connectivity index (χ2v) is 10.3. The number of nitro benzene ring substituents is 1. The molecule has 0 spiro atoms. The lowest BCUT2D eigenvalue weighted by molar-refractivity contribution is -0.385. The fourth-order valence-corrected chi connectivity index (χ4v) is 4.74. The molecular weight excluding hydrogens is 622 g/mol. The van der Waals surface area contributed by atoms with Gasteiger partial charge in [0.25, 0.3) is 11.6 Å². The molecule has 0 aliphatic heterocycles. The molecule has 5 aromatic rings. The smallest absolute Gasteiger partial charge is 0.336 e. The second kappa shape index (κ2) is 15.3. The van der Waals surface area contributed by atoms with E-state index >= 15 is 0 Å². The summed E-state index contributed by atoms with van der Waals surface area (Å²) in [6, 6.07) is 29.4. The molecule has 0 saturated carbocycles. The average molecular weight is 652 g/mol. The predicted octanol–water partition coefficient (Wildman–Crippen LogP) is 7.97. The molecule has 4 N–H and O–H groups in total. The van der Waals surface area contributed by atoms with Crippen LogP contribution in [-0.4, -0.2) is 27.2 Å². The normalized spacial score (nSPS) is 10.6. The van der Waals surface area contributed by atoms with Gasteiger partial charge in [0.2, 0.25) is 0 Å². The van der Waals surface area contributed by atoms with Gasteiger partial charge in [-0.3, -0.25) is 30.5 Å². The fourth-order valence-electron chi connectivity index (χ4n) is 4.74. The number of hydrogen-bond donors (Lipinski definition) is 4. The number of ether oxygens (including phenoxy) is 2. The van der Waals surface area contributed by atoms with Crippen LogP contribution < -0.4 is 20.3 Å². The molecule has 0 radical (unpaired) electrons. The predicted molar refractivity (Wildman–Crippen MR) is 174 cm³/mol. The van der Waals surface area contributed by atoms with E-state index in [1.165, 1.54) is 18.2 Å². The Morgan fingerprint density at radius 2 is 1.38 bits per heavy atom. The van der Waals surface area contributed by atoms with Gasteiger partial charge in [-0.2, -0.15) is 0 Å². The highest BCUT2D eigenvalue weighted by atomic mass is 17.1. The van der Waals surface area contributed by atoms with Crippen molar-refractivity contribution in [2.75, 3.05) is 10.8 Å². The Morgan fingerprint density at radius 1 is 0.771 bits per heavy atom. The lowest BCUT2D eigenvalue weighted by Gasteiger charge is -2.13. The Bertz CT molecular complexity index is 1900. The first kappa shape index (κ1) is 33.1. The summed E-state index contributed by atoms with van der Waals surface area (Å²) in [6.07, 6.45) is 0. The summed E-state index contributed by atoms with van der Waals surface area (Å²) < 4.78 is 11.9. The van der Waals surface area contributed by atoms with Crippen molar-refractivity contribution in [3.05, 3.63) is 147 Å². The summed E-state index contributed by atoms with van der Waals surface area (Å²) in [5.74, 6) is -0.393. The summed E-state index contributed by atoms with van der Waals surface area (Å²) in [5, 5.41) is 32.2. The molecular formula is C35H29N3O10. The lowest BCUT2D eigenvalue weighted by Crippen LogP contribution is -2.18. The summed E-state index contributed by atoms with van der Waals surface area (Å²) in [5.41, 5.74) is 4.99. The van der Waals surface area contributed by atoms with Gasteiger partial charge in [-0.1, -0.05) is 30.3 Å². The Kier molecular flexibility index (Phi) is 10.6. The third-order valence-electron chi connectivity index (χ3n) is 7.07. The van der Waals surface area contributed by atoms with Gasteiger partial charge in [0, 0.05) is 17.8 Å². The molecule has 0 heterocycles. The fraction of sp³-hybridized carbons (Fsp3) is 0.0857. The van der Waals surface area contributed by atoms with E-state index in [9.17, 15) is 24.8 Å². The Labute approximate surface area is 273 Å². The van der Waals surface area contributed by atoms with Crippen molar-refractivity contribution in [3.8, 4) is 23.0 Å². The zero-order valence-electron chi connectivity index (χ0n) is 25.4. The number of carboxylic acid groups (broad SMARTS) is 1. The SMILES string of the molecule is Cc1cccc(COO)c1CONc1ccc(Oc2cccc(Oc3ccc(NC(=O)c4c(C(=O)O)cccc4[N+](=O)[O-])cc3)c2)cc1. The molecule has 5 aromatic carbocycles. The highest BCUT2D eigenvalue weighted by molar-refractivity contribution is 6.13. The number of carboxylic acids is 1. The lowest BCUT2D eigenvalue weighted by atomic mass is 10.0. The van der Waals surface area contributed by atoms with Crippen LogP contribution >= 0.6 is 0 Å². The average Bonchev–Trinajstić information content (AvgIpc) is 3.07. The van der Waals surface area contributed by atoms with E-state index in [0.29, 0.717) is 28.7 Å². The molecule has 0 aliphatic rings. The summed E-state index contributed by atoms with van der Waals surface area (Å²) in [7, 11) is 0. The minimum Gasteiger partial charge on any atom is -0.478 e. The van der Waals surface area contributed by atoms with Crippen molar-refractivity contribution in [2.24, 2.45) is 0 Å². The molecule has 0 atom stereocenters. The van der Waals surface area contributed by atoms with Crippen LogP contribution in [0.15, 0.2) is 109 Å². The van der Waals surface area contributed by atoms with Crippen molar-refractivity contribution < 1.29 is 44.1 Å². The molecule has 13 heteroatoms. The Balaban J connectivity index is 1.16. The zero-order chi connectivity index (χ0) is 34.0. The van der Waals surface area contributed by atoms with Crippen LogP contribution in [0.5, 0.6) is 23.0 Å². The number of nitrogens with zero attached hydrogens (tertiary/aromatic N) is 1. The maximum Gasteiger partial charge on any atom is 0.336 e. The van der Waals surface area contributed by atoms with Gasteiger partial charge in [-0.05, 0) is 90.3 Å². The van der Waals surface area contributed by atoms with E-state index in [1.807, 2.05) is 25.1 Å². The summed E-state index contributed by atoms with van der Waals surface area (Å²) >= 11 is 0. The number of carbonyl (C=O) groups is 2. The number of hydrogen-bond acceptors (Lipinski definition) is 10. The van der Waals surface area contributed by atoms with Crippen molar-refractivity contribution in [3.63, 3.8) is 0 Å². The van der Waals surface area contributed by atoms with E-state index in [-0.39, 0.29) is 18.9 Å². The third kappa shape index (κ3) is 8.30. The monoisotopic (exact) mass is 651 g/mol. The van der Waals surface area contributed by atoms with Crippen LogP contribution in [0.3, 0.4) is 0 Å². The van der Waals surface area contributed by atoms with Crippen molar-refractivity contribution in [1.82, 2.24) is 0 Å². The second-order valence-electron chi connectivity index (χ2n) is 10.3. The number of rotatable bonds is 14. The van der Waals surface area contributed by atoms with Crippen molar-refractivity contribution in [1.29, 1.82) is 0 Å². The number of aryl methyl sites for hydroxylation is 1. The van der Waals surface area contributed by atoms with E-state index < -0.39 is 33.6 Å². The van der Waals surface area contributed by atoms with Gasteiger partial charge in [-0.25, -0.2) is 9.68 Å². The molecule has 0 saturated heterocycles. The number of amides is 1. The van der Waals surface area contributed by atoms with Crippen molar-refractivity contribution >= 4 is 28.9 Å².